The summed E-state index contributed by atoms with van der Waals surface area (Å²) >= 11 is 0. The molecule has 1 fully saturated rings. The molecule has 0 spiro atoms. The summed E-state index contributed by atoms with van der Waals surface area (Å²) in [6.07, 6.45) is 0.235. The van der Waals surface area contributed by atoms with Gasteiger partial charge in [-0.3, -0.25) is 0 Å². The van der Waals surface area contributed by atoms with Gasteiger partial charge in [-0.2, -0.15) is 4.31 Å². The molecule has 1 saturated heterocycles. The van der Waals surface area contributed by atoms with Gasteiger partial charge in [0.25, 0.3) is 0 Å². The first-order valence-electron chi connectivity index (χ1n) is 8.42. The van der Waals surface area contributed by atoms with E-state index in [2.05, 4.69) is 19.2 Å². The number of aliphatic hydroxyl groups is 2. The minimum absolute atomic E-state index is 0.111. The van der Waals surface area contributed by atoms with E-state index in [1.807, 2.05) is 0 Å². The molecule has 0 amide bonds. The molecular weight excluding hydrogens is 328 g/mol. The van der Waals surface area contributed by atoms with Crippen LogP contribution in [-0.4, -0.2) is 60.8 Å². The SMILES string of the molecule is CC(C)CCNC[C@]1(O)CN(S(=O)(=O)c2ccccc2)CC[C@H]1O. The highest BCUT2D eigenvalue weighted by atomic mass is 32.2. The lowest BCUT2D eigenvalue weighted by atomic mass is 9.90. The number of nitrogens with one attached hydrogen (secondary N) is 1. The first kappa shape index (κ1) is 19.3. The number of hydrogen-bond acceptors (Lipinski definition) is 5. The number of sulfonamides is 1. The maximum Gasteiger partial charge on any atom is 0.243 e. The predicted molar refractivity (Wildman–Crippen MR) is 93.1 cm³/mol. The minimum atomic E-state index is -3.67. The van der Waals surface area contributed by atoms with Crippen LogP contribution < -0.4 is 5.32 Å². The first-order chi connectivity index (χ1) is 11.3. The number of benzene rings is 1. The Labute approximate surface area is 144 Å². The van der Waals surface area contributed by atoms with Crippen LogP contribution in [0.25, 0.3) is 0 Å². The van der Waals surface area contributed by atoms with Crippen LogP contribution in [0.15, 0.2) is 35.2 Å². The lowest BCUT2D eigenvalue weighted by Gasteiger charge is -2.42. The van der Waals surface area contributed by atoms with Crippen molar-refractivity contribution in [3.8, 4) is 0 Å². The Balaban J connectivity index is 2.06. The Morgan fingerprint density at radius 1 is 1.33 bits per heavy atom. The fourth-order valence-electron chi connectivity index (χ4n) is 2.84. The second-order valence-corrected chi connectivity index (χ2v) is 8.86. The van der Waals surface area contributed by atoms with Gasteiger partial charge < -0.3 is 15.5 Å². The Morgan fingerprint density at radius 2 is 2.00 bits per heavy atom. The van der Waals surface area contributed by atoms with Crippen LogP contribution in [-0.2, 0) is 10.0 Å². The molecule has 7 heteroatoms. The Kier molecular flexibility index (Phi) is 6.39. The van der Waals surface area contributed by atoms with Crippen molar-refractivity contribution < 1.29 is 18.6 Å². The summed E-state index contributed by atoms with van der Waals surface area (Å²) in [4.78, 5) is 0.205. The minimum Gasteiger partial charge on any atom is -0.390 e. The van der Waals surface area contributed by atoms with Crippen LogP contribution in [0, 0.1) is 5.92 Å². The zero-order chi connectivity index (χ0) is 17.8. The molecule has 1 aliphatic rings. The molecule has 24 heavy (non-hydrogen) atoms. The molecule has 1 aromatic carbocycles. The number of rotatable bonds is 7. The second-order valence-electron chi connectivity index (χ2n) is 6.92. The lowest BCUT2D eigenvalue weighted by Crippen LogP contribution is -2.62. The smallest absolute Gasteiger partial charge is 0.243 e. The summed E-state index contributed by atoms with van der Waals surface area (Å²) in [5.41, 5.74) is -1.48. The lowest BCUT2D eigenvalue weighted by molar-refractivity contribution is -0.104. The normalized spacial score (nSPS) is 26.0. The quantitative estimate of drug-likeness (QED) is 0.629. The molecule has 0 aromatic heterocycles. The van der Waals surface area contributed by atoms with E-state index in [-0.39, 0.29) is 31.0 Å². The number of β-amino-alcohol motifs (C(OH)–C–C–N with tert-alkyl or cyclic N) is 1. The molecule has 1 aromatic rings. The number of piperidine rings is 1. The molecule has 2 rings (SSSR count). The van der Waals surface area contributed by atoms with Gasteiger partial charge >= 0.3 is 0 Å². The number of nitrogens with zero attached hydrogens (tertiary/aromatic N) is 1. The van der Waals surface area contributed by atoms with Crippen LogP contribution in [0.4, 0.5) is 0 Å². The Bertz CT molecular complexity index is 621. The largest absolute Gasteiger partial charge is 0.390 e. The van der Waals surface area contributed by atoms with Crippen molar-refractivity contribution in [3.63, 3.8) is 0 Å². The number of aliphatic hydroxyl groups excluding tert-OH is 1. The zero-order valence-electron chi connectivity index (χ0n) is 14.4. The highest BCUT2D eigenvalue weighted by molar-refractivity contribution is 7.89. The van der Waals surface area contributed by atoms with Crippen LogP contribution >= 0.6 is 0 Å². The Morgan fingerprint density at radius 3 is 2.62 bits per heavy atom. The standard InChI is InChI=1S/C17H28N2O4S/c1-14(2)8-10-18-12-17(21)13-19(11-9-16(17)20)24(22,23)15-6-4-3-5-7-15/h3-7,14,16,18,20-21H,8-13H2,1-2H3/t16-,17+/m1/s1. The van der Waals surface area contributed by atoms with E-state index < -0.39 is 21.7 Å². The summed E-state index contributed by atoms with van der Waals surface area (Å²) in [7, 11) is -3.67. The van der Waals surface area contributed by atoms with Gasteiger partial charge in [0, 0.05) is 19.6 Å². The average Bonchev–Trinajstić information content (AvgIpc) is 2.55. The van der Waals surface area contributed by atoms with Gasteiger partial charge in [0.2, 0.25) is 10.0 Å². The van der Waals surface area contributed by atoms with Crippen molar-refractivity contribution in [1.29, 1.82) is 0 Å². The molecular formula is C17H28N2O4S. The van der Waals surface area contributed by atoms with Crippen molar-refractivity contribution >= 4 is 10.0 Å². The molecule has 0 unspecified atom stereocenters. The van der Waals surface area contributed by atoms with Crippen LogP contribution in [0.2, 0.25) is 0 Å². The van der Waals surface area contributed by atoms with E-state index in [4.69, 9.17) is 0 Å². The van der Waals surface area contributed by atoms with Crippen LogP contribution in [0.5, 0.6) is 0 Å². The van der Waals surface area contributed by atoms with Gasteiger partial charge in [-0.15, -0.1) is 0 Å². The van der Waals surface area contributed by atoms with Crippen molar-refractivity contribution in [2.75, 3.05) is 26.2 Å². The topological polar surface area (TPSA) is 89.9 Å². The van der Waals surface area contributed by atoms with Crippen molar-refractivity contribution in [2.24, 2.45) is 5.92 Å². The highest BCUT2D eigenvalue weighted by Gasteiger charge is 2.44. The van der Waals surface area contributed by atoms with Gasteiger partial charge in [0.15, 0.2) is 0 Å². The van der Waals surface area contributed by atoms with E-state index in [0.29, 0.717) is 5.92 Å². The summed E-state index contributed by atoms with van der Waals surface area (Å²) in [5.74, 6) is 0.540. The third-order valence-electron chi connectivity index (χ3n) is 4.43. The zero-order valence-corrected chi connectivity index (χ0v) is 15.2. The van der Waals surface area contributed by atoms with Crippen molar-refractivity contribution in [3.05, 3.63) is 30.3 Å². The summed E-state index contributed by atoms with van der Waals surface area (Å²) in [5, 5.41) is 24.1. The summed E-state index contributed by atoms with van der Waals surface area (Å²) < 4.78 is 26.7. The molecule has 1 aliphatic heterocycles. The molecule has 136 valence electrons. The maximum absolute atomic E-state index is 12.7. The average molecular weight is 356 g/mol. The van der Waals surface area contributed by atoms with E-state index in [9.17, 15) is 18.6 Å². The van der Waals surface area contributed by atoms with E-state index in [1.165, 1.54) is 4.31 Å². The molecule has 0 bridgehead atoms. The fraction of sp³-hybridized carbons (Fsp3) is 0.647. The van der Waals surface area contributed by atoms with E-state index in [0.717, 1.165) is 13.0 Å². The second kappa shape index (κ2) is 7.93. The van der Waals surface area contributed by atoms with Gasteiger partial charge in [-0.25, -0.2) is 8.42 Å². The molecule has 0 aliphatic carbocycles. The van der Waals surface area contributed by atoms with Crippen LogP contribution in [0.1, 0.15) is 26.7 Å². The first-order valence-corrected chi connectivity index (χ1v) is 9.86. The van der Waals surface area contributed by atoms with Crippen molar-refractivity contribution in [1.82, 2.24) is 9.62 Å². The van der Waals surface area contributed by atoms with E-state index in [1.54, 1.807) is 30.3 Å². The molecule has 6 nitrogen and oxygen atoms in total. The van der Waals surface area contributed by atoms with Gasteiger partial charge in [-0.05, 0) is 37.4 Å². The van der Waals surface area contributed by atoms with E-state index >= 15 is 0 Å². The third-order valence-corrected chi connectivity index (χ3v) is 6.29. The maximum atomic E-state index is 12.7. The summed E-state index contributed by atoms with van der Waals surface area (Å²) in [6.45, 7) is 5.20. The Hall–Kier alpha value is -0.990. The monoisotopic (exact) mass is 356 g/mol. The number of hydrogen-bond donors (Lipinski definition) is 3. The fourth-order valence-corrected chi connectivity index (χ4v) is 4.38. The highest BCUT2D eigenvalue weighted by Crippen LogP contribution is 2.26. The van der Waals surface area contributed by atoms with Gasteiger partial charge in [0.05, 0.1) is 11.0 Å². The summed E-state index contributed by atoms with van der Waals surface area (Å²) in [6, 6.07) is 8.19. The van der Waals surface area contributed by atoms with Gasteiger partial charge in [-0.1, -0.05) is 32.0 Å². The predicted octanol–water partition coefficient (Wildman–Crippen LogP) is 0.809. The molecule has 2 atom stereocenters. The molecule has 3 N–H and O–H groups in total. The van der Waals surface area contributed by atoms with Crippen LogP contribution in [0.3, 0.4) is 0 Å². The van der Waals surface area contributed by atoms with Gasteiger partial charge in [0.1, 0.15) is 5.60 Å². The molecule has 0 radical (unpaired) electrons. The third kappa shape index (κ3) is 4.55. The van der Waals surface area contributed by atoms with Crippen molar-refractivity contribution in [2.45, 2.75) is 43.3 Å². The molecule has 0 saturated carbocycles. The molecule has 1 heterocycles.